The summed E-state index contributed by atoms with van der Waals surface area (Å²) >= 11 is 0. The van der Waals surface area contributed by atoms with Crippen LogP contribution in [0.1, 0.15) is 27.2 Å². The summed E-state index contributed by atoms with van der Waals surface area (Å²) < 4.78 is 0. The van der Waals surface area contributed by atoms with Gasteiger partial charge in [-0.3, -0.25) is 0 Å². The average molecular weight is 168 g/mol. The molecular formula is C10H16O2. The molecule has 2 heteroatoms. The number of hydrogen-bond donors (Lipinski definition) is 2. The van der Waals surface area contributed by atoms with E-state index in [0.29, 0.717) is 12.3 Å². The number of rotatable bonds is 0. The zero-order valence-electron chi connectivity index (χ0n) is 7.83. The lowest BCUT2D eigenvalue weighted by atomic mass is 9.44. The number of fused-ring (bicyclic) bond motifs is 1. The number of hydrogen-bond acceptors (Lipinski definition) is 2. The SMILES string of the molecule is CC1(O)C=CC2C[C@]1(O)C2(C)C. The van der Waals surface area contributed by atoms with Gasteiger partial charge in [0.15, 0.2) is 0 Å². The van der Waals surface area contributed by atoms with Gasteiger partial charge in [-0.15, -0.1) is 0 Å². The fraction of sp³-hybridized carbons (Fsp3) is 0.800. The zero-order valence-corrected chi connectivity index (χ0v) is 7.83. The lowest BCUT2D eigenvalue weighted by Gasteiger charge is -2.65. The Morgan fingerprint density at radius 1 is 1.25 bits per heavy atom. The summed E-state index contributed by atoms with van der Waals surface area (Å²) in [6.45, 7) is 5.71. The highest BCUT2D eigenvalue weighted by Crippen LogP contribution is 2.62. The van der Waals surface area contributed by atoms with Gasteiger partial charge in [-0.2, -0.15) is 0 Å². The van der Waals surface area contributed by atoms with E-state index in [1.54, 1.807) is 13.0 Å². The maximum Gasteiger partial charge on any atom is 0.109 e. The Balaban J connectivity index is 2.49. The van der Waals surface area contributed by atoms with E-state index in [4.69, 9.17) is 0 Å². The van der Waals surface area contributed by atoms with Crippen LogP contribution in [0.25, 0.3) is 0 Å². The smallest absolute Gasteiger partial charge is 0.109 e. The first-order valence-corrected chi connectivity index (χ1v) is 4.45. The molecule has 0 saturated heterocycles. The lowest BCUT2D eigenvalue weighted by molar-refractivity contribution is -0.265. The zero-order chi connectivity index (χ0) is 9.20. The van der Waals surface area contributed by atoms with Gasteiger partial charge in [0.2, 0.25) is 0 Å². The third kappa shape index (κ3) is 0.603. The molecule has 0 aromatic heterocycles. The Bertz CT molecular complexity index is 253. The molecule has 3 rings (SSSR count). The van der Waals surface area contributed by atoms with Gasteiger partial charge in [0.1, 0.15) is 11.2 Å². The molecular weight excluding hydrogens is 152 g/mol. The van der Waals surface area contributed by atoms with Gasteiger partial charge in [0.25, 0.3) is 0 Å². The number of allylic oxidation sites excluding steroid dienone is 1. The molecule has 0 amide bonds. The molecule has 2 N–H and O–H groups in total. The van der Waals surface area contributed by atoms with E-state index in [0.717, 1.165) is 0 Å². The Morgan fingerprint density at radius 2 is 1.83 bits per heavy atom. The van der Waals surface area contributed by atoms with Crippen LogP contribution in [0.3, 0.4) is 0 Å². The monoisotopic (exact) mass is 168 g/mol. The van der Waals surface area contributed by atoms with Gasteiger partial charge in [-0.05, 0) is 19.3 Å². The van der Waals surface area contributed by atoms with E-state index in [1.165, 1.54) is 0 Å². The highest BCUT2D eigenvalue weighted by molar-refractivity contribution is 5.31. The van der Waals surface area contributed by atoms with Crippen molar-refractivity contribution in [1.82, 2.24) is 0 Å². The Labute approximate surface area is 72.9 Å². The van der Waals surface area contributed by atoms with E-state index in [-0.39, 0.29) is 5.41 Å². The highest BCUT2D eigenvalue weighted by Gasteiger charge is 2.67. The van der Waals surface area contributed by atoms with Crippen LogP contribution < -0.4 is 0 Å². The summed E-state index contributed by atoms with van der Waals surface area (Å²) in [5.41, 5.74) is -2.14. The Kier molecular flexibility index (Phi) is 1.22. The minimum atomic E-state index is -1.05. The molecule has 3 aliphatic rings. The van der Waals surface area contributed by atoms with Crippen LogP contribution in [-0.2, 0) is 0 Å². The van der Waals surface area contributed by atoms with Crippen LogP contribution in [0.15, 0.2) is 12.2 Å². The molecule has 68 valence electrons. The van der Waals surface area contributed by atoms with E-state index in [2.05, 4.69) is 0 Å². The first-order chi connectivity index (χ1) is 5.31. The summed E-state index contributed by atoms with van der Waals surface area (Å²) in [5.74, 6) is 0.433. The average Bonchev–Trinajstić information content (AvgIpc) is 1.94. The molecule has 0 spiro atoms. The standard InChI is InChI=1S/C10H16O2/c1-8(2)7-4-5-9(3,11)10(8,12)6-7/h4-5,7,11-12H,6H2,1-3H3/t7?,9?,10-/m0/s1. The van der Waals surface area contributed by atoms with Crippen molar-refractivity contribution in [3.05, 3.63) is 12.2 Å². The summed E-state index contributed by atoms with van der Waals surface area (Å²) in [4.78, 5) is 0. The normalized spacial score (nSPS) is 54.9. The van der Waals surface area contributed by atoms with Crippen molar-refractivity contribution < 1.29 is 10.2 Å². The van der Waals surface area contributed by atoms with Crippen molar-refractivity contribution in [2.24, 2.45) is 11.3 Å². The maximum absolute atomic E-state index is 10.2. The molecule has 2 unspecified atom stereocenters. The molecule has 3 aliphatic carbocycles. The molecule has 0 aliphatic heterocycles. The van der Waals surface area contributed by atoms with E-state index < -0.39 is 11.2 Å². The molecule has 0 radical (unpaired) electrons. The minimum absolute atomic E-state index is 0.175. The van der Waals surface area contributed by atoms with Crippen molar-refractivity contribution in [2.45, 2.75) is 38.4 Å². The van der Waals surface area contributed by atoms with Crippen molar-refractivity contribution in [2.75, 3.05) is 0 Å². The first kappa shape index (κ1) is 8.27. The van der Waals surface area contributed by atoms with Crippen LogP contribution in [0.2, 0.25) is 0 Å². The minimum Gasteiger partial charge on any atom is -0.386 e. The van der Waals surface area contributed by atoms with Gasteiger partial charge in [-0.1, -0.05) is 26.0 Å². The molecule has 2 bridgehead atoms. The molecule has 1 saturated carbocycles. The van der Waals surface area contributed by atoms with Gasteiger partial charge < -0.3 is 10.2 Å². The fourth-order valence-corrected chi connectivity index (χ4v) is 2.62. The van der Waals surface area contributed by atoms with Crippen LogP contribution >= 0.6 is 0 Å². The quantitative estimate of drug-likeness (QED) is 0.531. The molecule has 0 aromatic carbocycles. The fourth-order valence-electron chi connectivity index (χ4n) is 2.62. The van der Waals surface area contributed by atoms with Crippen LogP contribution in [0.4, 0.5) is 0 Å². The van der Waals surface area contributed by atoms with Crippen molar-refractivity contribution in [1.29, 1.82) is 0 Å². The van der Waals surface area contributed by atoms with Crippen LogP contribution in [0, 0.1) is 11.3 Å². The van der Waals surface area contributed by atoms with E-state index >= 15 is 0 Å². The predicted octanol–water partition coefficient (Wildman–Crippen LogP) is 1.08. The lowest BCUT2D eigenvalue weighted by Crippen LogP contribution is -2.72. The van der Waals surface area contributed by atoms with Crippen molar-refractivity contribution >= 4 is 0 Å². The summed E-state index contributed by atoms with van der Waals surface area (Å²) in [7, 11) is 0. The maximum atomic E-state index is 10.2. The molecule has 0 aromatic rings. The first-order valence-electron chi connectivity index (χ1n) is 4.45. The molecule has 12 heavy (non-hydrogen) atoms. The van der Waals surface area contributed by atoms with Crippen molar-refractivity contribution in [3.8, 4) is 0 Å². The second-order valence-corrected chi connectivity index (χ2v) is 4.90. The largest absolute Gasteiger partial charge is 0.386 e. The second-order valence-electron chi connectivity index (χ2n) is 4.90. The summed E-state index contributed by atoms with van der Waals surface area (Å²) in [6.07, 6.45) is 4.45. The highest BCUT2D eigenvalue weighted by atomic mass is 16.4. The Hall–Kier alpha value is -0.340. The van der Waals surface area contributed by atoms with Gasteiger partial charge in [0.05, 0.1) is 0 Å². The Morgan fingerprint density at radius 3 is 2.17 bits per heavy atom. The van der Waals surface area contributed by atoms with Crippen LogP contribution in [-0.4, -0.2) is 21.4 Å². The van der Waals surface area contributed by atoms with E-state index in [9.17, 15) is 10.2 Å². The molecule has 3 atom stereocenters. The second kappa shape index (κ2) is 1.78. The summed E-state index contributed by atoms with van der Waals surface area (Å²) in [5, 5.41) is 20.1. The predicted molar refractivity (Wildman–Crippen MR) is 46.6 cm³/mol. The third-order valence-electron chi connectivity index (χ3n) is 4.00. The third-order valence-corrected chi connectivity index (χ3v) is 4.00. The van der Waals surface area contributed by atoms with Crippen LogP contribution in [0.5, 0.6) is 0 Å². The molecule has 1 fully saturated rings. The molecule has 2 nitrogen and oxygen atoms in total. The van der Waals surface area contributed by atoms with Crippen molar-refractivity contribution in [3.63, 3.8) is 0 Å². The molecule has 0 heterocycles. The summed E-state index contributed by atoms with van der Waals surface area (Å²) in [6, 6.07) is 0. The topological polar surface area (TPSA) is 40.5 Å². The van der Waals surface area contributed by atoms with Gasteiger partial charge in [-0.25, -0.2) is 0 Å². The van der Waals surface area contributed by atoms with Gasteiger partial charge >= 0.3 is 0 Å². The number of aliphatic hydroxyl groups is 2. The van der Waals surface area contributed by atoms with Gasteiger partial charge in [0, 0.05) is 5.41 Å². The van der Waals surface area contributed by atoms with E-state index in [1.807, 2.05) is 19.9 Å².